The molecule has 2 aromatic carbocycles. The molecule has 0 atom stereocenters. The number of methoxy groups -OCH3 is 2. The lowest BCUT2D eigenvalue weighted by Gasteiger charge is -2.21. The van der Waals surface area contributed by atoms with Crippen molar-refractivity contribution >= 4 is 23.5 Å². The lowest BCUT2D eigenvalue weighted by molar-refractivity contribution is -0.142. The van der Waals surface area contributed by atoms with Gasteiger partial charge >= 0.3 is 5.97 Å². The molecule has 0 unspecified atom stereocenters. The lowest BCUT2D eigenvalue weighted by atomic mass is 10.1. The van der Waals surface area contributed by atoms with E-state index in [1.807, 2.05) is 6.07 Å². The van der Waals surface area contributed by atoms with Gasteiger partial charge in [-0.2, -0.15) is 0 Å². The van der Waals surface area contributed by atoms with Crippen LogP contribution in [0.1, 0.15) is 15.9 Å². The van der Waals surface area contributed by atoms with Crippen LogP contribution in [0.5, 0.6) is 17.2 Å². The van der Waals surface area contributed by atoms with Gasteiger partial charge in [-0.05, 0) is 35.9 Å². The third-order valence-electron chi connectivity index (χ3n) is 4.25. The molecule has 1 amide bonds. The Morgan fingerprint density at radius 1 is 1.18 bits per heavy atom. The molecular formula is C20H20ClNO6. The van der Waals surface area contributed by atoms with Gasteiger partial charge in [-0.1, -0.05) is 17.7 Å². The average molecular weight is 406 g/mol. The topological polar surface area (TPSA) is 74.3 Å². The van der Waals surface area contributed by atoms with Gasteiger partial charge in [0.2, 0.25) is 0 Å². The summed E-state index contributed by atoms with van der Waals surface area (Å²) in [6.45, 7) is 0.906. The van der Waals surface area contributed by atoms with Crippen LogP contribution < -0.4 is 14.2 Å². The molecule has 28 heavy (non-hydrogen) atoms. The van der Waals surface area contributed by atoms with E-state index in [1.165, 1.54) is 14.2 Å². The van der Waals surface area contributed by atoms with E-state index in [2.05, 4.69) is 4.74 Å². The quantitative estimate of drug-likeness (QED) is 0.688. The Kier molecular flexibility index (Phi) is 6.26. The molecule has 2 aromatic rings. The van der Waals surface area contributed by atoms with E-state index in [4.69, 9.17) is 25.8 Å². The number of carbonyl (C=O) groups excluding carboxylic acids is 2. The Bertz CT molecular complexity index is 885. The van der Waals surface area contributed by atoms with Crippen LogP contribution in [0.2, 0.25) is 5.02 Å². The third kappa shape index (κ3) is 4.48. The Hall–Kier alpha value is -2.93. The van der Waals surface area contributed by atoms with Crippen molar-refractivity contribution in [3.8, 4) is 17.2 Å². The number of halogens is 1. The second-order valence-corrected chi connectivity index (χ2v) is 6.50. The highest BCUT2D eigenvalue weighted by molar-refractivity contribution is 6.31. The van der Waals surface area contributed by atoms with Crippen molar-refractivity contribution in [1.82, 2.24) is 4.90 Å². The first-order valence-electron chi connectivity index (χ1n) is 8.60. The molecule has 3 rings (SSSR count). The Morgan fingerprint density at radius 3 is 2.75 bits per heavy atom. The van der Waals surface area contributed by atoms with Gasteiger partial charge in [-0.15, -0.1) is 0 Å². The fourth-order valence-electron chi connectivity index (χ4n) is 2.83. The molecule has 0 aromatic heterocycles. The van der Waals surface area contributed by atoms with Crippen LogP contribution in [0, 0.1) is 0 Å². The number of carbonyl (C=O) groups is 2. The van der Waals surface area contributed by atoms with Crippen molar-refractivity contribution in [2.75, 3.05) is 34.0 Å². The van der Waals surface area contributed by atoms with Crippen molar-refractivity contribution in [3.63, 3.8) is 0 Å². The molecule has 148 valence electrons. The smallest absolute Gasteiger partial charge is 0.343 e. The maximum atomic E-state index is 12.9. The monoisotopic (exact) mass is 405 g/mol. The number of benzene rings is 2. The first-order chi connectivity index (χ1) is 13.5. The van der Waals surface area contributed by atoms with Crippen LogP contribution >= 0.6 is 11.6 Å². The maximum Gasteiger partial charge on any atom is 0.343 e. The van der Waals surface area contributed by atoms with Gasteiger partial charge in [0.15, 0.2) is 18.1 Å². The minimum atomic E-state index is -0.499. The van der Waals surface area contributed by atoms with Crippen LogP contribution in [-0.4, -0.2) is 50.8 Å². The Morgan fingerprint density at radius 2 is 2.00 bits per heavy atom. The van der Waals surface area contributed by atoms with Crippen molar-refractivity contribution in [3.05, 3.63) is 52.5 Å². The molecule has 0 bridgehead atoms. The summed E-state index contributed by atoms with van der Waals surface area (Å²) >= 11 is 6.04. The molecule has 0 spiro atoms. The highest BCUT2D eigenvalue weighted by Crippen LogP contribution is 2.30. The normalized spacial score (nSPS) is 13.2. The van der Waals surface area contributed by atoms with Gasteiger partial charge in [0.25, 0.3) is 5.91 Å². The second kappa shape index (κ2) is 8.84. The van der Waals surface area contributed by atoms with Crippen LogP contribution in [-0.2, 0) is 16.1 Å². The highest BCUT2D eigenvalue weighted by Gasteiger charge is 2.24. The van der Waals surface area contributed by atoms with Gasteiger partial charge in [0.1, 0.15) is 12.4 Å². The van der Waals surface area contributed by atoms with Crippen molar-refractivity contribution in [2.45, 2.75) is 6.54 Å². The summed E-state index contributed by atoms with van der Waals surface area (Å²) in [5.74, 6) is 0.736. The molecule has 0 aliphatic carbocycles. The number of esters is 1. The van der Waals surface area contributed by atoms with Crippen molar-refractivity contribution in [1.29, 1.82) is 0 Å². The van der Waals surface area contributed by atoms with Crippen LogP contribution in [0.15, 0.2) is 36.4 Å². The fourth-order valence-corrected chi connectivity index (χ4v) is 3.00. The Balaban J connectivity index is 1.80. The largest absolute Gasteiger partial charge is 0.493 e. The average Bonchev–Trinajstić information content (AvgIpc) is 2.85. The van der Waals surface area contributed by atoms with Gasteiger partial charge in [-0.3, -0.25) is 4.79 Å². The van der Waals surface area contributed by atoms with Crippen LogP contribution in [0.3, 0.4) is 0 Å². The molecule has 1 aliphatic rings. The molecule has 0 saturated heterocycles. The van der Waals surface area contributed by atoms with E-state index in [9.17, 15) is 9.59 Å². The van der Waals surface area contributed by atoms with E-state index in [-0.39, 0.29) is 12.5 Å². The van der Waals surface area contributed by atoms with Gasteiger partial charge < -0.3 is 23.8 Å². The zero-order valence-electron chi connectivity index (χ0n) is 15.6. The molecule has 0 N–H and O–H groups in total. The molecule has 1 heterocycles. The fraction of sp³-hybridized carbons (Fsp3) is 0.300. The minimum absolute atomic E-state index is 0.164. The molecule has 0 fully saturated rings. The lowest BCUT2D eigenvalue weighted by Crippen LogP contribution is -2.31. The maximum absolute atomic E-state index is 12.9. The SMILES string of the molecule is COC(=O)COc1cc(CN2CCOc3ccc(Cl)cc3C2=O)ccc1OC. The van der Waals surface area contributed by atoms with Gasteiger partial charge in [-0.25, -0.2) is 4.79 Å². The van der Waals surface area contributed by atoms with Crippen LogP contribution in [0.4, 0.5) is 0 Å². The third-order valence-corrected chi connectivity index (χ3v) is 4.49. The van der Waals surface area contributed by atoms with E-state index in [1.54, 1.807) is 35.2 Å². The molecular weight excluding hydrogens is 386 g/mol. The molecule has 7 nitrogen and oxygen atoms in total. The summed E-state index contributed by atoms with van der Waals surface area (Å²) in [5, 5.41) is 0.473. The predicted octanol–water partition coefficient (Wildman–Crippen LogP) is 2.94. The minimum Gasteiger partial charge on any atom is -0.493 e. The van der Waals surface area contributed by atoms with Gasteiger partial charge in [0.05, 0.1) is 26.3 Å². The first kappa shape index (κ1) is 19.8. The summed E-state index contributed by atoms with van der Waals surface area (Å²) in [6, 6.07) is 10.3. The van der Waals surface area contributed by atoms with Crippen molar-refractivity contribution < 1.29 is 28.5 Å². The van der Waals surface area contributed by atoms with E-state index in [0.29, 0.717) is 47.5 Å². The number of nitrogens with zero attached hydrogens (tertiary/aromatic N) is 1. The summed E-state index contributed by atoms with van der Waals surface area (Å²) in [6.07, 6.45) is 0. The number of hydrogen-bond donors (Lipinski definition) is 0. The molecule has 1 aliphatic heterocycles. The number of fused-ring (bicyclic) bond motifs is 1. The summed E-state index contributed by atoms with van der Waals surface area (Å²) in [7, 11) is 2.80. The summed E-state index contributed by atoms with van der Waals surface area (Å²) in [4.78, 5) is 25.9. The van der Waals surface area contributed by atoms with Gasteiger partial charge in [0, 0.05) is 11.6 Å². The van der Waals surface area contributed by atoms with Crippen molar-refractivity contribution in [2.24, 2.45) is 0 Å². The van der Waals surface area contributed by atoms with E-state index >= 15 is 0 Å². The van der Waals surface area contributed by atoms with Crippen LogP contribution in [0.25, 0.3) is 0 Å². The number of ether oxygens (including phenoxy) is 4. The highest BCUT2D eigenvalue weighted by atomic mass is 35.5. The zero-order valence-corrected chi connectivity index (χ0v) is 16.3. The standard InChI is InChI=1S/C20H20ClNO6/c1-25-17-5-3-13(9-18(17)28-12-19(23)26-2)11-22-7-8-27-16-6-4-14(21)10-15(16)20(22)24/h3-6,9-10H,7-8,11-12H2,1-2H3. The summed E-state index contributed by atoms with van der Waals surface area (Å²) in [5.41, 5.74) is 1.25. The predicted molar refractivity (Wildman–Crippen MR) is 102 cm³/mol. The zero-order chi connectivity index (χ0) is 20.1. The number of rotatable bonds is 6. The summed E-state index contributed by atoms with van der Waals surface area (Å²) < 4.78 is 21.0. The first-order valence-corrected chi connectivity index (χ1v) is 8.97. The Labute approximate surface area is 167 Å². The van der Waals surface area contributed by atoms with E-state index in [0.717, 1.165) is 5.56 Å². The molecule has 0 radical (unpaired) electrons. The molecule has 0 saturated carbocycles. The molecule has 8 heteroatoms. The number of hydrogen-bond acceptors (Lipinski definition) is 6. The number of amides is 1. The van der Waals surface area contributed by atoms with E-state index < -0.39 is 5.97 Å². The second-order valence-electron chi connectivity index (χ2n) is 6.07.